The zero-order valence-electron chi connectivity index (χ0n) is 15.5. The topological polar surface area (TPSA) is 91.6 Å². The van der Waals surface area contributed by atoms with Crippen LogP contribution in [0.2, 0.25) is 0 Å². The summed E-state index contributed by atoms with van der Waals surface area (Å²) in [5, 5.41) is 13.5. The summed E-state index contributed by atoms with van der Waals surface area (Å²) in [5.41, 5.74) is 2.07. The maximum atomic E-state index is 11.8. The van der Waals surface area contributed by atoms with E-state index in [9.17, 15) is 4.79 Å². The Bertz CT molecular complexity index is 518. The number of nitrogens with zero attached hydrogens (tertiary/aromatic N) is 2. The van der Waals surface area contributed by atoms with Crippen molar-refractivity contribution in [1.82, 2.24) is 21.1 Å². The minimum atomic E-state index is 0.0490. The Kier molecular flexibility index (Phi) is 8.89. The average molecular weight is 337 g/mol. The van der Waals surface area contributed by atoms with Gasteiger partial charge in [-0.2, -0.15) is 0 Å². The fraction of sp³-hybridized carbons (Fsp3) is 0.706. The van der Waals surface area contributed by atoms with Crippen molar-refractivity contribution >= 4 is 11.9 Å². The predicted octanol–water partition coefficient (Wildman–Crippen LogP) is 1.77. The maximum absolute atomic E-state index is 11.8. The van der Waals surface area contributed by atoms with E-state index in [0.717, 1.165) is 36.3 Å². The summed E-state index contributed by atoms with van der Waals surface area (Å²) in [7, 11) is 1.71. The fourth-order valence-electron chi connectivity index (χ4n) is 2.27. The lowest BCUT2D eigenvalue weighted by Gasteiger charge is -2.14. The Morgan fingerprint density at radius 3 is 2.58 bits per heavy atom. The van der Waals surface area contributed by atoms with Crippen LogP contribution in [0.1, 0.15) is 57.6 Å². The molecule has 0 saturated carbocycles. The molecule has 0 aromatic carbocycles. The van der Waals surface area contributed by atoms with Crippen LogP contribution < -0.4 is 16.0 Å². The Balaban J connectivity index is 2.44. The van der Waals surface area contributed by atoms with Crippen LogP contribution in [-0.4, -0.2) is 36.7 Å². The normalized spacial score (nSPS) is 12.8. The van der Waals surface area contributed by atoms with Gasteiger partial charge in [0.05, 0.1) is 5.69 Å². The first-order chi connectivity index (χ1) is 11.5. The summed E-state index contributed by atoms with van der Waals surface area (Å²) in [6.45, 7) is 9.30. The molecule has 0 saturated heterocycles. The molecule has 0 spiro atoms. The number of hydrogen-bond donors (Lipinski definition) is 3. The Morgan fingerprint density at radius 2 is 2.00 bits per heavy atom. The van der Waals surface area contributed by atoms with Gasteiger partial charge in [-0.3, -0.25) is 9.79 Å². The number of carbonyl (C=O) groups is 1. The van der Waals surface area contributed by atoms with E-state index in [1.54, 1.807) is 7.05 Å². The molecule has 1 heterocycles. The third-order valence-electron chi connectivity index (χ3n) is 3.93. The number of hydrogen-bond acceptors (Lipinski definition) is 4. The Morgan fingerprint density at radius 1 is 1.25 bits per heavy atom. The van der Waals surface area contributed by atoms with Gasteiger partial charge in [0.2, 0.25) is 5.91 Å². The number of aromatic nitrogens is 1. The van der Waals surface area contributed by atoms with Gasteiger partial charge >= 0.3 is 0 Å². The number of nitrogens with one attached hydrogen (secondary N) is 3. The van der Waals surface area contributed by atoms with Gasteiger partial charge in [0, 0.05) is 44.6 Å². The SMILES string of the molecule is CCc1noc(CC)c1CNC(=NC)NCCC(=O)NC(C)CC. The van der Waals surface area contributed by atoms with Crippen molar-refractivity contribution in [1.29, 1.82) is 0 Å². The van der Waals surface area contributed by atoms with Crippen molar-refractivity contribution in [2.24, 2.45) is 4.99 Å². The van der Waals surface area contributed by atoms with E-state index in [4.69, 9.17) is 4.52 Å². The minimum absolute atomic E-state index is 0.0490. The largest absolute Gasteiger partial charge is 0.361 e. The molecule has 7 heteroatoms. The highest BCUT2D eigenvalue weighted by Crippen LogP contribution is 2.15. The van der Waals surface area contributed by atoms with Gasteiger partial charge in [-0.05, 0) is 19.8 Å². The van der Waals surface area contributed by atoms with E-state index in [1.807, 2.05) is 13.8 Å². The summed E-state index contributed by atoms with van der Waals surface area (Å²) < 4.78 is 5.36. The molecule has 7 nitrogen and oxygen atoms in total. The second-order valence-corrected chi connectivity index (χ2v) is 5.72. The van der Waals surface area contributed by atoms with Crippen LogP contribution in [0.4, 0.5) is 0 Å². The van der Waals surface area contributed by atoms with Gasteiger partial charge in [0.25, 0.3) is 0 Å². The van der Waals surface area contributed by atoms with Crippen molar-refractivity contribution in [2.75, 3.05) is 13.6 Å². The van der Waals surface area contributed by atoms with Gasteiger partial charge in [-0.15, -0.1) is 0 Å². The van der Waals surface area contributed by atoms with Crippen molar-refractivity contribution in [3.8, 4) is 0 Å². The summed E-state index contributed by atoms with van der Waals surface area (Å²) in [4.78, 5) is 15.9. The zero-order chi connectivity index (χ0) is 17.9. The standard InChI is InChI=1S/C17H31N5O2/c1-6-12(4)21-16(23)9-10-19-17(18-5)20-11-13-14(7-2)22-24-15(13)8-3/h12H,6-11H2,1-5H3,(H,21,23)(H2,18,19,20). The molecule has 0 radical (unpaired) electrons. The number of amides is 1. The highest BCUT2D eigenvalue weighted by atomic mass is 16.5. The number of guanidine groups is 1. The second kappa shape index (κ2) is 10.7. The van der Waals surface area contributed by atoms with Crippen molar-refractivity contribution in [3.63, 3.8) is 0 Å². The molecular weight excluding hydrogens is 306 g/mol. The molecule has 1 rings (SSSR count). The van der Waals surface area contributed by atoms with Crippen molar-refractivity contribution < 1.29 is 9.32 Å². The first kappa shape index (κ1) is 20.0. The van der Waals surface area contributed by atoms with Crippen LogP contribution in [0.25, 0.3) is 0 Å². The van der Waals surface area contributed by atoms with Crippen LogP contribution in [0, 0.1) is 0 Å². The highest BCUT2D eigenvalue weighted by Gasteiger charge is 2.13. The molecule has 24 heavy (non-hydrogen) atoms. The number of carbonyl (C=O) groups excluding carboxylic acids is 1. The minimum Gasteiger partial charge on any atom is -0.361 e. The van der Waals surface area contributed by atoms with Gasteiger partial charge < -0.3 is 20.5 Å². The lowest BCUT2D eigenvalue weighted by Crippen LogP contribution is -2.40. The molecule has 1 aromatic heterocycles. The second-order valence-electron chi connectivity index (χ2n) is 5.72. The molecule has 0 aliphatic carbocycles. The van der Waals surface area contributed by atoms with Crippen LogP contribution >= 0.6 is 0 Å². The quantitative estimate of drug-likeness (QED) is 0.472. The maximum Gasteiger partial charge on any atom is 0.221 e. The summed E-state index contributed by atoms with van der Waals surface area (Å²) >= 11 is 0. The molecule has 0 fully saturated rings. The molecule has 3 N–H and O–H groups in total. The monoisotopic (exact) mass is 337 g/mol. The van der Waals surface area contributed by atoms with Crippen LogP contribution in [-0.2, 0) is 24.2 Å². The van der Waals surface area contributed by atoms with Crippen LogP contribution in [0.3, 0.4) is 0 Å². The molecule has 1 aromatic rings. The molecule has 136 valence electrons. The van der Waals surface area contributed by atoms with Gasteiger partial charge in [-0.1, -0.05) is 25.9 Å². The zero-order valence-corrected chi connectivity index (χ0v) is 15.5. The third kappa shape index (κ3) is 6.22. The molecule has 1 unspecified atom stereocenters. The van der Waals surface area contributed by atoms with E-state index in [0.29, 0.717) is 25.5 Å². The highest BCUT2D eigenvalue weighted by molar-refractivity contribution is 5.81. The van der Waals surface area contributed by atoms with E-state index < -0.39 is 0 Å². The van der Waals surface area contributed by atoms with Gasteiger partial charge in [0.15, 0.2) is 5.96 Å². The first-order valence-corrected chi connectivity index (χ1v) is 8.75. The van der Waals surface area contributed by atoms with Gasteiger partial charge in [-0.25, -0.2) is 0 Å². The molecule has 1 amide bonds. The fourth-order valence-corrected chi connectivity index (χ4v) is 2.27. The summed E-state index contributed by atoms with van der Waals surface area (Å²) in [5.74, 6) is 1.62. The molecular formula is C17H31N5O2. The van der Waals surface area contributed by atoms with Crippen molar-refractivity contribution in [3.05, 3.63) is 17.0 Å². The Labute approximate surface area is 144 Å². The number of rotatable bonds is 9. The molecule has 0 aliphatic rings. The van der Waals surface area contributed by atoms with Gasteiger partial charge in [0.1, 0.15) is 5.76 Å². The summed E-state index contributed by atoms with van der Waals surface area (Å²) in [6.07, 6.45) is 2.99. The van der Waals surface area contributed by atoms with E-state index in [2.05, 4.69) is 39.9 Å². The molecule has 0 bridgehead atoms. The van der Waals surface area contributed by atoms with E-state index in [-0.39, 0.29) is 11.9 Å². The smallest absolute Gasteiger partial charge is 0.221 e. The van der Waals surface area contributed by atoms with Crippen LogP contribution in [0.15, 0.2) is 9.52 Å². The molecule has 0 aliphatic heterocycles. The average Bonchev–Trinajstić information content (AvgIpc) is 2.99. The first-order valence-electron chi connectivity index (χ1n) is 8.75. The number of aliphatic imine (C=N–C) groups is 1. The lowest BCUT2D eigenvalue weighted by atomic mass is 10.1. The third-order valence-corrected chi connectivity index (χ3v) is 3.93. The van der Waals surface area contributed by atoms with E-state index >= 15 is 0 Å². The summed E-state index contributed by atoms with van der Waals surface area (Å²) in [6, 6.07) is 0.212. The molecule has 1 atom stereocenters. The van der Waals surface area contributed by atoms with Crippen LogP contribution in [0.5, 0.6) is 0 Å². The Hall–Kier alpha value is -2.05. The predicted molar refractivity (Wildman–Crippen MR) is 96.0 cm³/mol. The van der Waals surface area contributed by atoms with Crippen molar-refractivity contribution in [2.45, 2.75) is 66.0 Å². The lowest BCUT2D eigenvalue weighted by molar-refractivity contribution is -0.121. The number of aryl methyl sites for hydroxylation is 2. The van der Waals surface area contributed by atoms with E-state index in [1.165, 1.54) is 0 Å².